The van der Waals surface area contributed by atoms with E-state index in [0.717, 1.165) is 8.61 Å². The summed E-state index contributed by atoms with van der Waals surface area (Å²) in [6, 6.07) is 4.51. The Kier molecular flexibility index (Phi) is 24.8. The van der Waals surface area contributed by atoms with Gasteiger partial charge in [-0.3, -0.25) is 18.9 Å². The summed E-state index contributed by atoms with van der Waals surface area (Å²) >= 11 is 0. The van der Waals surface area contributed by atoms with Crippen LogP contribution >= 0.6 is 0 Å². The largest absolute Gasteiger partial charge is 0.358 e. The van der Waals surface area contributed by atoms with Gasteiger partial charge in [0.05, 0.1) is 5.69 Å². The summed E-state index contributed by atoms with van der Waals surface area (Å²) in [5.74, 6) is -1.72. The van der Waals surface area contributed by atoms with Crippen molar-refractivity contribution in [1.29, 1.82) is 0 Å². The van der Waals surface area contributed by atoms with Gasteiger partial charge < -0.3 is 14.9 Å². The van der Waals surface area contributed by atoms with Crippen molar-refractivity contribution in [2.24, 2.45) is 11.8 Å². The number of aromatic nitrogens is 3. The summed E-state index contributed by atoms with van der Waals surface area (Å²) in [6.07, 6.45) is 5.60. The van der Waals surface area contributed by atoms with Crippen LogP contribution in [0.5, 0.6) is 0 Å². The van der Waals surface area contributed by atoms with Crippen molar-refractivity contribution in [3.8, 4) is 0 Å². The van der Waals surface area contributed by atoms with E-state index in [4.69, 9.17) is 0 Å². The zero-order valence-electron chi connectivity index (χ0n) is 22.6. The fourth-order valence-corrected chi connectivity index (χ4v) is 3.92. The summed E-state index contributed by atoms with van der Waals surface area (Å²) in [5, 5.41) is 0. The summed E-state index contributed by atoms with van der Waals surface area (Å²) in [6.45, 7) is 6.46. The molecule has 2 heterocycles. The van der Waals surface area contributed by atoms with Crippen LogP contribution < -0.4 is 18.1 Å². The Balaban J connectivity index is -0.000000175. The fourth-order valence-electron chi connectivity index (χ4n) is 1.91. The second-order valence-corrected chi connectivity index (χ2v) is 10.9. The second-order valence-electron chi connectivity index (χ2n) is 7.46. The van der Waals surface area contributed by atoms with E-state index in [1.807, 2.05) is 9.44 Å². The van der Waals surface area contributed by atoms with Gasteiger partial charge in [0.25, 0.3) is 0 Å². The minimum atomic E-state index is -3.91. The number of amides is 2. The average molecular weight is 664 g/mol. The van der Waals surface area contributed by atoms with E-state index < -0.39 is 44.1 Å². The van der Waals surface area contributed by atoms with Crippen molar-refractivity contribution in [3.05, 3.63) is 58.0 Å². The van der Waals surface area contributed by atoms with Crippen LogP contribution in [-0.2, 0) is 67.1 Å². The standard InChI is InChI=1S/C10H15N3O3S.C9H14N4O3S.CH4.2CH3.2V/c1-8(2)10(14)12-17(15,16)13(3)9-4-6-11-7-5-9;1-7(2)9(14)12-17(15,16)13(3)8-4-5-10-6-11-8;;;;;/h4-8H,1-3H3,(H,12,14);4-7H,1-3H3,(H,12,14);1H4;2*1H3;;/q;;;2*-1;;. The molecule has 0 atom stereocenters. The number of hydrogen-bond acceptors (Lipinski definition) is 9. The molecule has 0 fully saturated rings. The second kappa shape index (κ2) is 20.7. The molecule has 0 spiro atoms. The van der Waals surface area contributed by atoms with Gasteiger partial charge in [0, 0.05) is 87.7 Å². The SMILES string of the molecule is C.CC(C)C(=O)NS(=O)(=O)N(C)c1ccncc1.CC(C)C(=O)NS(=O)(=O)N(C)c1ccncn1.[CH3-].[CH3-].[V].[V]. The summed E-state index contributed by atoms with van der Waals surface area (Å²) in [7, 11) is -5.10. The number of hydrogen-bond donors (Lipinski definition) is 2. The molecule has 2 radical (unpaired) electrons. The maximum Gasteiger partial charge on any atom is 0.327 e. The van der Waals surface area contributed by atoms with Crippen LogP contribution in [0, 0.1) is 26.7 Å². The third kappa shape index (κ3) is 15.3. The number of nitrogens with one attached hydrogen (secondary N) is 2. The first-order valence-electron chi connectivity index (χ1n) is 9.96. The molecule has 2 amide bonds. The molecule has 17 heteroatoms. The van der Waals surface area contributed by atoms with Gasteiger partial charge in [-0.15, -0.1) is 0 Å². The van der Waals surface area contributed by atoms with Crippen LogP contribution in [-0.4, -0.2) is 57.7 Å². The molecule has 2 N–H and O–H groups in total. The number of rotatable bonds is 8. The van der Waals surface area contributed by atoms with Gasteiger partial charge in [0.2, 0.25) is 11.8 Å². The van der Waals surface area contributed by atoms with Crippen LogP contribution in [0.4, 0.5) is 11.5 Å². The average Bonchev–Trinajstić information content (AvgIpc) is 2.78. The normalized spacial score (nSPS) is 9.85. The Morgan fingerprint density at radius 1 is 0.744 bits per heavy atom. The molecule has 39 heavy (non-hydrogen) atoms. The van der Waals surface area contributed by atoms with E-state index in [1.165, 1.54) is 45.1 Å². The van der Waals surface area contributed by atoms with Crippen molar-refractivity contribution in [2.75, 3.05) is 22.7 Å². The number of carbonyl (C=O) groups excluding carboxylic acids is 2. The Morgan fingerprint density at radius 2 is 1.13 bits per heavy atom. The number of pyridine rings is 1. The summed E-state index contributed by atoms with van der Waals surface area (Å²) in [5.41, 5.74) is 0.434. The first kappa shape index (κ1) is 46.7. The molecule has 0 aliphatic rings. The maximum atomic E-state index is 11.8. The van der Waals surface area contributed by atoms with E-state index in [-0.39, 0.29) is 65.2 Å². The third-order valence-corrected chi connectivity index (χ3v) is 6.90. The predicted octanol–water partition coefficient (Wildman–Crippen LogP) is 2.00. The third-order valence-electron chi connectivity index (χ3n) is 4.14. The predicted molar refractivity (Wildman–Crippen MR) is 146 cm³/mol. The van der Waals surface area contributed by atoms with E-state index in [1.54, 1.807) is 39.8 Å². The molecule has 0 bridgehead atoms. The van der Waals surface area contributed by atoms with E-state index in [9.17, 15) is 26.4 Å². The van der Waals surface area contributed by atoms with Gasteiger partial charge in [0.15, 0.2) is 0 Å². The quantitative estimate of drug-likeness (QED) is 0.401. The molecule has 222 valence electrons. The van der Waals surface area contributed by atoms with Crippen molar-refractivity contribution in [1.82, 2.24) is 24.4 Å². The minimum Gasteiger partial charge on any atom is -0.358 e. The molecular weight excluding hydrogens is 624 g/mol. The smallest absolute Gasteiger partial charge is 0.327 e. The maximum absolute atomic E-state index is 11.8. The molecular formula is C22H39N7O6S2V2-2. The minimum absolute atomic E-state index is 0. The molecule has 0 aliphatic carbocycles. The number of carbonyl (C=O) groups is 2. The Bertz CT molecular complexity index is 1080. The Labute approximate surface area is 258 Å². The van der Waals surface area contributed by atoms with Crippen molar-refractivity contribution in [3.63, 3.8) is 0 Å². The van der Waals surface area contributed by atoms with Gasteiger partial charge in [-0.2, -0.15) is 16.8 Å². The van der Waals surface area contributed by atoms with Gasteiger partial charge in [-0.05, 0) is 12.1 Å². The van der Waals surface area contributed by atoms with Crippen LogP contribution in [0.15, 0.2) is 43.1 Å². The molecule has 2 aromatic rings. The van der Waals surface area contributed by atoms with Gasteiger partial charge >= 0.3 is 20.4 Å². The van der Waals surface area contributed by atoms with Crippen molar-refractivity contribution < 1.29 is 63.5 Å². The van der Waals surface area contributed by atoms with Crippen molar-refractivity contribution in [2.45, 2.75) is 35.1 Å². The molecule has 0 aromatic carbocycles. The molecule has 0 saturated heterocycles. The molecule has 13 nitrogen and oxygen atoms in total. The van der Waals surface area contributed by atoms with Crippen LogP contribution in [0.2, 0.25) is 0 Å². The summed E-state index contributed by atoms with van der Waals surface area (Å²) in [4.78, 5) is 34.0. The van der Waals surface area contributed by atoms with Gasteiger partial charge in [0.1, 0.15) is 12.1 Å². The van der Waals surface area contributed by atoms with E-state index in [0.29, 0.717) is 5.69 Å². The monoisotopic (exact) mass is 663 g/mol. The van der Waals surface area contributed by atoms with Crippen molar-refractivity contribution >= 4 is 43.7 Å². The van der Waals surface area contributed by atoms with E-state index in [2.05, 4.69) is 15.0 Å². The van der Waals surface area contributed by atoms with Crippen LogP contribution in [0.1, 0.15) is 35.1 Å². The molecule has 0 unspecified atom stereocenters. The molecule has 0 saturated carbocycles. The Hall–Kier alpha value is -2.16. The van der Waals surface area contributed by atoms with E-state index >= 15 is 0 Å². The topological polar surface area (TPSA) is 172 Å². The first-order valence-corrected chi connectivity index (χ1v) is 12.8. The molecule has 2 aromatic heterocycles. The zero-order valence-corrected chi connectivity index (χ0v) is 27.0. The molecule has 2 rings (SSSR count). The van der Waals surface area contributed by atoms with Crippen LogP contribution in [0.25, 0.3) is 0 Å². The Morgan fingerprint density at radius 3 is 1.49 bits per heavy atom. The van der Waals surface area contributed by atoms with Crippen LogP contribution in [0.3, 0.4) is 0 Å². The molecule has 0 aliphatic heterocycles. The zero-order chi connectivity index (χ0) is 26.1. The van der Waals surface area contributed by atoms with Gasteiger partial charge in [-0.1, -0.05) is 35.1 Å². The fraction of sp³-hybridized carbons (Fsp3) is 0.409. The first-order chi connectivity index (χ1) is 15.7. The number of anilines is 2. The summed E-state index contributed by atoms with van der Waals surface area (Å²) < 4.78 is 53.0. The number of nitrogens with zero attached hydrogens (tertiary/aromatic N) is 5. The van der Waals surface area contributed by atoms with Gasteiger partial charge in [-0.25, -0.2) is 23.7 Å².